The van der Waals surface area contributed by atoms with Gasteiger partial charge in [0.05, 0.1) is 30.5 Å². The Bertz CT molecular complexity index is 735. The van der Waals surface area contributed by atoms with Crippen LogP contribution in [0, 0.1) is 40.4 Å². The van der Waals surface area contributed by atoms with Crippen molar-refractivity contribution in [2.75, 3.05) is 40.5 Å². The van der Waals surface area contributed by atoms with E-state index in [4.69, 9.17) is 14.2 Å². The van der Waals surface area contributed by atoms with Crippen molar-refractivity contribution in [1.29, 1.82) is 0 Å². The minimum absolute atomic E-state index is 0.00170. The summed E-state index contributed by atoms with van der Waals surface area (Å²) in [5, 5.41) is 22.5. The second-order valence-electron chi connectivity index (χ2n) is 11.6. The molecule has 0 aromatic heterocycles. The zero-order valence-corrected chi connectivity index (χ0v) is 19.6. The molecule has 6 aliphatic rings. The van der Waals surface area contributed by atoms with Crippen LogP contribution in [0.5, 0.6) is 0 Å². The number of rotatable bonds is 6. The molecule has 1 spiro atoms. The third kappa shape index (κ3) is 2.17. The third-order valence-electron chi connectivity index (χ3n) is 11.4. The fourth-order valence-corrected chi connectivity index (χ4v) is 10.9. The maximum atomic E-state index is 11.7. The molecule has 12 unspecified atom stereocenters. The standard InChI is InChI=1S/C25H41NO5/c1-5-26-12-23(13-27)8-7-19(30-4)25-15-9-14-17(29-3)11-24(31-6-2,20(15)21(14)28)16(22(25)26)10-18(23)25/h14-22,27-28H,5-13H2,1-4H3. The molecular formula is C25H41NO5. The van der Waals surface area contributed by atoms with Crippen molar-refractivity contribution in [3.8, 4) is 0 Å². The molecule has 6 fully saturated rings. The van der Waals surface area contributed by atoms with Crippen LogP contribution in [0.4, 0.5) is 0 Å². The van der Waals surface area contributed by atoms with E-state index in [1.54, 1.807) is 0 Å². The predicted molar refractivity (Wildman–Crippen MR) is 115 cm³/mol. The summed E-state index contributed by atoms with van der Waals surface area (Å²) in [5.74, 6) is 1.49. The normalized spacial score (nSPS) is 59.2. The van der Waals surface area contributed by atoms with Gasteiger partial charge in [0, 0.05) is 68.4 Å². The quantitative estimate of drug-likeness (QED) is 0.664. The van der Waals surface area contributed by atoms with Crippen molar-refractivity contribution in [1.82, 2.24) is 4.90 Å². The van der Waals surface area contributed by atoms with Gasteiger partial charge in [0.25, 0.3) is 0 Å². The Morgan fingerprint density at radius 1 is 1.10 bits per heavy atom. The SMILES string of the molecule is CCOC12CC(OC)C3CC(C1C3O)C13C(OC)CCC4(CO)CN(CC)C1C2CC43. The first-order valence-corrected chi connectivity index (χ1v) is 12.7. The van der Waals surface area contributed by atoms with Gasteiger partial charge in [-0.3, -0.25) is 4.90 Å². The monoisotopic (exact) mass is 435 g/mol. The predicted octanol–water partition coefficient (Wildman–Crippen LogP) is 1.92. The van der Waals surface area contributed by atoms with E-state index in [0.29, 0.717) is 30.4 Å². The van der Waals surface area contributed by atoms with Crippen LogP contribution in [0.25, 0.3) is 0 Å². The van der Waals surface area contributed by atoms with Crippen LogP contribution in [0.3, 0.4) is 0 Å². The molecule has 1 aliphatic heterocycles. The maximum Gasteiger partial charge on any atom is 0.0806 e. The van der Waals surface area contributed by atoms with Gasteiger partial charge in [0.1, 0.15) is 0 Å². The fraction of sp³-hybridized carbons (Fsp3) is 1.00. The van der Waals surface area contributed by atoms with E-state index in [1.807, 2.05) is 14.2 Å². The number of nitrogens with zero attached hydrogens (tertiary/aromatic N) is 1. The van der Waals surface area contributed by atoms with Crippen LogP contribution in [0.2, 0.25) is 0 Å². The molecule has 1 heterocycles. The Hall–Kier alpha value is -0.240. The van der Waals surface area contributed by atoms with Gasteiger partial charge >= 0.3 is 0 Å². The molecule has 1 saturated heterocycles. The Kier molecular flexibility index (Phi) is 4.74. The molecule has 5 aliphatic carbocycles. The van der Waals surface area contributed by atoms with Crippen LogP contribution < -0.4 is 0 Å². The van der Waals surface area contributed by atoms with Gasteiger partial charge in [-0.15, -0.1) is 0 Å². The molecule has 31 heavy (non-hydrogen) atoms. The summed E-state index contributed by atoms with van der Waals surface area (Å²) in [6, 6.07) is 0.404. The summed E-state index contributed by atoms with van der Waals surface area (Å²) >= 11 is 0. The molecule has 6 heteroatoms. The number of ether oxygens (including phenoxy) is 3. The zero-order chi connectivity index (χ0) is 21.8. The van der Waals surface area contributed by atoms with Crippen molar-refractivity contribution in [2.45, 2.75) is 75.9 Å². The summed E-state index contributed by atoms with van der Waals surface area (Å²) in [6.45, 7) is 7.29. The highest BCUT2D eigenvalue weighted by Gasteiger charge is 2.84. The maximum absolute atomic E-state index is 11.7. The highest BCUT2D eigenvalue weighted by atomic mass is 16.5. The van der Waals surface area contributed by atoms with Crippen LogP contribution in [-0.2, 0) is 14.2 Å². The van der Waals surface area contributed by atoms with Gasteiger partial charge in [-0.25, -0.2) is 0 Å². The molecule has 7 bridgehead atoms. The van der Waals surface area contributed by atoms with E-state index in [9.17, 15) is 10.2 Å². The Morgan fingerprint density at radius 2 is 1.90 bits per heavy atom. The third-order valence-corrected chi connectivity index (χ3v) is 11.4. The summed E-state index contributed by atoms with van der Waals surface area (Å²) < 4.78 is 19.2. The first-order chi connectivity index (χ1) is 15.0. The molecule has 5 saturated carbocycles. The molecule has 0 radical (unpaired) electrons. The first-order valence-electron chi connectivity index (χ1n) is 12.7. The second kappa shape index (κ2) is 6.89. The smallest absolute Gasteiger partial charge is 0.0806 e. The van der Waals surface area contributed by atoms with Crippen LogP contribution >= 0.6 is 0 Å². The number of hydrogen-bond donors (Lipinski definition) is 2. The molecule has 6 nitrogen and oxygen atoms in total. The summed E-state index contributed by atoms with van der Waals surface area (Å²) in [5.41, 5.74) is -0.388. The number of methoxy groups -OCH3 is 2. The molecular weight excluding hydrogens is 394 g/mol. The number of aliphatic hydroxyl groups is 2. The van der Waals surface area contributed by atoms with Crippen molar-refractivity contribution in [2.24, 2.45) is 40.4 Å². The van der Waals surface area contributed by atoms with E-state index in [1.165, 1.54) is 0 Å². The largest absolute Gasteiger partial charge is 0.396 e. The van der Waals surface area contributed by atoms with E-state index in [0.717, 1.165) is 45.2 Å². The van der Waals surface area contributed by atoms with Gasteiger partial charge in [0.15, 0.2) is 0 Å². The summed E-state index contributed by atoms with van der Waals surface area (Å²) in [6.07, 6.45) is 4.92. The lowest BCUT2D eigenvalue weighted by Crippen LogP contribution is -2.76. The van der Waals surface area contributed by atoms with Crippen LogP contribution in [-0.4, -0.2) is 85.6 Å². The topological polar surface area (TPSA) is 71.4 Å². The fourth-order valence-electron chi connectivity index (χ4n) is 10.9. The molecule has 0 aromatic rings. The van der Waals surface area contributed by atoms with Crippen molar-refractivity contribution >= 4 is 0 Å². The number of aliphatic hydroxyl groups excluding tert-OH is 2. The van der Waals surface area contributed by atoms with Gasteiger partial charge in [-0.2, -0.15) is 0 Å². The van der Waals surface area contributed by atoms with Gasteiger partial charge in [-0.1, -0.05) is 6.92 Å². The number of hydrogen-bond acceptors (Lipinski definition) is 6. The Balaban J connectivity index is 1.60. The van der Waals surface area contributed by atoms with Gasteiger partial charge < -0.3 is 24.4 Å². The molecule has 2 N–H and O–H groups in total. The highest BCUT2D eigenvalue weighted by molar-refractivity contribution is 5.33. The Morgan fingerprint density at radius 3 is 2.55 bits per heavy atom. The summed E-state index contributed by atoms with van der Waals surface area (Å²) in [7, 11) is 3.70. The number of likely N-dealkylation sites (tertiary alicyclic amines) is 1. The highest BCUT2D eigenvalue weighted by Crippen LogP contribution is 2.79. The average molecular weight is 436 g/mol. The lowest BCUT2D eigenvalue weighted by Gasteiger charge is -2.69. The number of piperidine rings is 1. The van der Waals surface area contributed by atoms with E-state index in [2.05, 4.69) is 18.7 Å². The lowest BCUT2D eigenvalue weighted by atomic mass is 9.43. The molecule has 176 valence electrons. The van der Waals surface area contributed by atoms with Gasteiger partial charge in [-0.05, 0) is 51.0 Å². The minimum atomic E-state index is -0.369. The Labute approximate surface area is 186 Å². The second-order valence-corrected chi connectivity index (χ2v) is 11.6. The molecule has 6 rings (SSSR count). The van der Waals surface area contributed by atoms with Gasteiger partial charge in [0.2, 0.25) is 0 Å². The lowest BCUT2D eigenvalue weighted by molar-refractivity contribution is -0.284. The molecule has 0 amide bonds. The van der Waals surface area contributed by atoms with E-state index in [-0.39, 0.29) is 53.2 Å². The van der Waals surface area contributed by atoms with Crippen molar-refractivity contribution in [3.63, 3.8) is 0 Å². The van der Waals surface area contributed by atoms with Crippen LogP contribution in [0.15, 0.2) is 0 Å². The number of fused-ring (bicyclic) bond motifs is 2. The van der Waals surface area contributed by atoms with E-state index >= 15 is 0 Å². The molecule has 0 aromatic carbocycles. The van der Waals surface area contributed by atoms with Crippen molar-refractivity contribution < 1.29 is 24.4 Å². The van der Waals surface area contributed by atoms with E-state index < -0.39 is 0 Å². The zero-order valence-electron chi connectivity index (χ0n) is 19.6. The first kappa shape index (κ1) is 21.3. The van der Waals surface area contributed by atoms with Crippen molar-refractivity contribution in [3.05, 3.63) is 0 Å². The average Bonchev–Trinajstić information content (AvgIpc) is 3.18. The molecule has 12 atom stereocenters. The summed E-state index contributed by atoms with van der Waals surface area (Å²) in [4.78, 5) is 2.69. The minimum Gasteiger partial charge on any atom is -0.396 e. The van der Waals surface area contributed by atoms with Crippen LogP contribution in [0.1, 0.15) is 46.0 Å².